The highest BCUT2D eigenvalue weighted by molar-refractivity contribution is 9.10. The molecule has 0 unspecified atom stereocenters. The Bertz CT molecular complexity index is 835. The molecule has 0 spiro atoms. The van der Waals surface area contributed by atoms with Crippen LogP contribution in [0.5, 0.6) is 0 Å². The van der Waals surface area contributed by atoms with Crippen LogP contribution < -0.4 is 10.6 Å². The summed E-state index contributed by atoms with van der Waals surface area (Å²) in [5.74, 6) is -0.0332. The Kier molecular flexibility index (Phi) is 5.80. The summed E-state index contributed by atoms with van der Waals surface area (Å²) in [5.41, 5.74) is 3.87. The van der Waals surface area contributed by atoms with Crippen molar-refractivity contribution in [2.45, 2.75) is 13.0 Å². The maximum absolute atomic E-state index is 12.1. The largest absolute Gasteiger partial charge is 0.381 e. The van der Waals surface area contributed by atoms with E-state index in [1.807, 2.05) is 66.9 Å². The fourth-order valence-corrected chi connectivity index (χ4v) is 2.86. The normalized spacial score (nSPS) is 10.3. The van der Waals surface area contributed by atoms with Crippen molar-refractivity contribution in [3.63, 3.8) is 0 Å². The lowest BCUT2D eigenvalue weighted by Crippen LogP contribution is -2.14. The van der Waals surface area contributed by atoms with Crippen LogP contribution >= 0.6 is 15.9 Å². The second-order valence-electron chi connectivity index (χ2n) is 5.65. The van der Waals surface area contributed by atoms with E-state index >= 15 is 0 Å². The van der Waals surface area contributed by atoms with Crippen molar-refractivity contribution in [3.05, 3.63) is 88.7 Å². The van der Waals surface area contributed by atoms with Gasteiger partial charge >= 0.3 is 0 Å². The average molecular weight is 396 g/mol. The van der Waals surface area contributed by atoms with Gasteiger partial charge in [0.2, 0.25) is 5.91 Å². The van der Waals surface area contributed by atoms with E-state index in [1.165, 1.54) is 0 Å². The van der Waals surface area contributed by atoms with E-state index < -0.39 is 0 Å². The third kappa shape index (κ3) is 5.43. The van der Waals surface area contributed by atoms with E-state index in [-0.39, 0.29) is 5.91 Å². The van der Waals surface area contributed by atoms with Crippen molar-refractivity contribution in [1.29, 1.82) is 0 Å². The van der Waals surface area contributed by atoms with Crippen LogP contribution in [0.1, 0.15) is 11.1 Å². The Morgan fingerprint density at radius 3 is 2.44 bits per heavy atom. The second-order valence-corrected chi connectivity index (χ2v) is 6.56. The highest BCUT2D eigenvalue weighted by Gasteiger charge is 2.05. The third-order valence-corrected chi connectivity index (χ3v) is 4.14. The summed E-state index contributed by atoms with van der Waals surface area (Å²) in [6.07, 6.45) is 3.94. The number of pyridine rings is 1. The molecule has 3 rings (SSSR count). The van der Waals surface area contributed by atoms with Crippen LogP contribution in [0.4, 0.5) is 11.4 Å². The van der Waals surface area contributed by atoms with Gasteiger partial charge in [0, 0.05) is 34.8 Å². The van der Waals surface area contributed by atoms with Gasteiger partial charge in [0.25, 0.3) is 0 Å². The molecule has 2 N–H and O–H groups in total. The Morgan fingerprint density at radius 1 is 0.960 bits per heavy atom. The molecule has 1 amide bonds. The van der Waals surface area contributed by atoms with Gasteiger partial charge in [0.05, 0.1) is 6.42 Å². The minimum atomic E-state index is -0.0332. The molecule has 126 valence electrons. The number of halogens is 1. The molecule has 1 aromatic heterocycles. The zero-order valence-corrected chi connectivity index (χ0v) is 15.2. The number of rotatable bonds is 6. The maximum atomic E-state index is 12.1. The molecular weight excluding hydrogens is 378 g/mol. The van der Waals surface area contributed by atoms with E-state index in [4.69, 9.17) is 0 Å². The van der Waals surface area contributed by atoms with Crippen molar-refractivity contribution in [2.24, 2.45) is 0 Å². The minimum absolute atomic E-state index is 0.0332. The Balaban J connectivity index is 1.52. The zero-order valence-electron chi connectivity index (χ0n) is 13.6. The van der Waals surface area contributed by atoms with Crippen molar-refractivity contribution in [2.75, 3.05) is 10.6 Å². The lowest BCUT2D eigenvalue weighted by molar-refractivity contribution is -0.115. The van der Waals surface area contributed by atoms with Crippen molar-refractivity contribution in [1.82, 2.24) is 4.98 Å². The Labute approximate surface area is 155 Å². The van der Waals surface area contributed by atoms with Gasteiger partial charge in [0.1, 0.15) is 0 Å². The zero-order chi connectivity index (χ0) is 17.5. The fourth-order valence-electron chi connectivity index (χ4n) is 2.42. The summed E-state index contributed by atoms with van der Waals surface area (Å²) in [5, 5.41) is 6.25. The summed E-state index contributed by atoms with van der Waals surface area (Å²) in [7, 11) is 0. The Morgan fingerprint density at radius 2 is 1.72 bits per heavy atom. The monoisotopic (exact) mass is 395 g/mol. The van der Waals surface area contributed by atoms with E-state index in [9.17, 15) is 4.79 Å². The lowest BCUT2D eigenvalue weighted by Gasteiger charge is -2.09. The summed E-state index contributed by atoms with van der Waals surface area (Å²) >= 11 is 3.42. The van der Waals surface area contributed by atoms with Gasteiger partial charge < -0.3 is 10.6 Å². The van der Waals surface area contributed by atoms with E-state index in [2.05, 4.69) is 31.5 Å². The van der Waals surface area contributed by atoms with E-state index in [0.717, 1.165) is 27.0 Å². The molecule has 3 aromatic rings. The highest BCUT2D eigenvalue weighted by atomic mass is 79.9. The third-order valence-electron chi connectivity index (χ3n) is 3.64. The lowest BCUT2D eigenvalue weighted by atomic mass is 10.1. The smallest absolute Gasteiger partial charge is 0.228 e. The highest BCUT2D eigenvalue weighted by Crippen LogP contribution is 2.16. The van der Waals surface area contributed by atoms with Crippen LogP contribution in [-0.2, 0) is 17.8 Å². The molecule has 0 aliphatic carbocycles. The first-order valence-electron chi connectivity index (χ1n) is 7.96. The van der Waals surface area contributed by atoms with E-state index in [1.54, 1.807) is 6.20 Å². The van der Waals surface area contributed by atoms with Gasteiger partial charge in [-0.3, -0.25) is 9.78 Å². The molecule has 2 aromatic carbocycles. The van der Waals surface area contributed by atoms with Gasteiger partial charge in [-0.15, -0.1) is 0 Å². The standard InChI is InChI=1S/C20H18BrN3O/c21-17-5-1-3-15(11-17)12-20(25)24-19-8-6-18(7-9-19)23-14-16-4-2-10-22-13-16/h1-11,13,23H,12,14H2,(H,24,25). The number of hydrogen-bond acceptors (Lipinski definition) is 3. The van der Waals surface area contributed by atoms with Gasteiger partial charge in [0.15, 0.2) is 0 Å². The molecule has 5 heteroatoms. The van der Waals surface area contributed by atoms with Crippen LogP contribution in [-0.4, -0.2) is 10.9 Å². The number of carbonyl (C=O) groups is 1. The molecule has 1 heterocycles. The molecule has 0 bridgehead atoms. The predicted octanol–water partition coefficient (Wildman–Crippen LogP) is 4.64. The minimum Gasteiger partial charge on any atom is -0.381 e. The molecule has 4 nitrogen and oxygen atoms in total. The van der Waals surface area contributed by atoms with Crippen LogP contribution in [0.25, 0.3) is 0 Å². The summed E-state index contributed by atoms with van der Waals surface area (Å²) < 4.78 is 0.974. The number of benzene rings is 2. The van der Waals surface area contributed by atoms with Crippen molar-refractivity contribution >= 4 is 33.2 Å². The van der Waals surface area contributed by atoms with Gasteiger partial charge in [-0.2, -0.15) is 0 Å². The van der Waals surface area contributed by atoms with Crippen LogP contribution in [0.2, 0.25) is 0 Å². The first-order valence-corrected chi connectivity index (χ1v) is 8.75. The molecule has 0 aliphatic heterocycles. The van der Waals surface area contributed by atoms with Gasteiger partial charge in [-0.25, -0.2) is 0 Å². The summed E-state index contributed by atoms with van der Waals surface area (Å²) in [4.78, 5) is 16.2. The molecule has 0 radical (unpaired) electrons. The number of amides is 1. The predicted molar refractivity (Wildman–Crippen MR) is 104 cm³/mol. The SMILES string of the molecule is O=C(Cc1cccc(Br)c1)Nc1ccc(NCc2cccnc2)cc1. The number of anilines is 2. The van der Waals surface area contributed by atoms with E-state index in [0.29, 0.717) is 13.0 Å². The Hall–Kier alpha value is -2.66. The fraction of sp³-hybridized carbons (Fsp3) is 0.100. The molecule has 25 heavy (non-hydrogen) atoms. The molecular formula is C20H18BrN3O. The van der Waals surface area contributed by atoms with Gasteiger partial charge in [-0.1, -0.05) is 34.1 Å². The molecule has 0 aliphatic rings. The molecule has 0 fully saturated rings. The molecule has 0 saturated carbocycles. The van der Waals surface area contributed by atoms with Gasteiger partial charge in [-0.05, 0) is 53.6 Å². The summed E-state index contributed by atoms with van der Waals surface area (Å²) in [6, 6.07) is 19.4. The number of nitrogens with one attached hydrogen (secondary N) is 2. The number of aromatic nitrogens is 1. The van der Waals surface area contributed by atoms with Crippen LogP contribution in [0.15, 0.2) is 77.5 Å². The molecule has 0 atom stereocenters. The maximum Gasteiger partial charge on any atom is 0.228 e. The summed E-state index contributed by atoms with van der Waals surface area (Å²) in [6.45, 7) is 0.711. The number of carbonyl (C=O) groups excluding carboxylic acids is 1. The first-order chi connectivity index (χ1) is 12.2. The molecule has 0 saturated heterocycles. The first kappa shape index (κ1) is 17.2. The van der Waals surface area contributed by atoms with Crippen molar-refractivity contribution < 1.29 is 4.79 Å². The van der Waals surface area contributed by atoms with Crippen LogP contribution in [0.3, 0.4) is 0 Å². The van der Waals surface area contributed by atoms with Crippen LogP contribution in [0, 0.1) is 0 Å². The average Bonchev–Trinajstić information content (AvgIpc) is 2.62. The number of nitrogens with zero attached hydrogens (tertiary/aromatic N) is 1. The second kappa shape index (κ2) is 8.44. The topological polar surface area (TPSA) is 54.0 Å². The number of hydrogen-bond donors (Lipinski definition) is 2. The van der Waals surface area contributed by atoms with Crippen molar-refractivity contribution in [3.8, 4) is 0 Å². The quantitative estimate of drug-likeness (QED) is 0.639.